The molecule has 0 bridgehead atoms. The number of halogens is 2. The maximum absolute atomic E-state index is 12.6. The number of esters is 1. The van der Waals surface area contributed by atoms with Crippen LogP contribution in [-0.2, 0) is 16.1 Å². The van der Waals surface area contributed by atoms with Gasteiger partial charge in [-0.25, -0.2) is 10.2 Å². The predicted octanol–water partition coefficient (Wildman–Crippen LogP) is 6.78. The second-order valence-corrected chi connectivity index (χ2v) is 10.5. The third-order valence-electron chi connectivity index (χ3n) is 6.29. The van der Waals surface area contributed by atoms with E-state index in [0.29, 0.717) is 21.5 Å². The minimum atomic E-state index is -0.912. The highest BCUT2D eigenvalue weighted by atomic mass is 79.9. The van der Waals surface area contributed by atoms with E-state index >= 15 is 0 Å². The van der Waals surface area contributed by atoms with Crippen molar-refractivity contribution in [3.8, 4) is 22.9 Å². The van der Waals surface area contributed by atoms with Crippen LogP contribution in [0.5, 0.6) is 17.2 Å². The molecule has 10 nitrogen and oxygen atoms in total. The Bertz CT molecular complexity index is 1610. The highest BCUT2D eigenvalue weighted by molar-refractivity contribution is 9.10. The lowest BCUT2D eigenvalue weighted by atomic mass is 10.2. The topological polar surface area (TPSA) is 114 Å². The Balaban J connectivity index is 1.35. The van der Waals surface area contributed by atoms with Gasteiger partial charge < -0.3 is 27.9 Å². The Morgan fingerprint density at radius 3 is 2.47 bits per heavy atom. The van der Waals surface area contributed by atoms with Gasteiger partial charge >= 0.3 is 11.9 Å². The summed E-state index contributed by atoms with van der Waals surface area (Å²) in [6.45, 7) is 7.73. The molecule has 0 aliphatic rings. The molecule has 0 saturated carbocycles. The normalized spacial score (nSPS) is 11.8. The number of furan rings is 1. The number of nitrogens with one attached hydrogen (secondary N) is 1. The average Bonchev–Trinajstić information content (AvgIpc) is 3.61. The van der Waals surface area contributed by atoms with E-state index in [1.165, 1.54) is 19.4 Å². The minimum absolute atomic E-state index is 0.0658. The first-order valence-corrected chi connectivity index (χ1v) is 14.5. The second-order valence-electron chi connectivity index (χ2n) is 9.34. The Labute approximate surface area is 262 Å². The molecule has 226 valence electrons. The van der Waals surface area contributed by atoms with E-state index in [9.17, 15) is 9.59 Å². The van der Waals surface area contributed by atoms with Crippen LogP contribution in [0.1, 0.15) is 47.1 Å². The molecule has 0 fully saturated rings. The van der Waals surface area contributed by atoms with Crippen LogP contribution in [-0.4, -0.2) is 42.5 Å². The van der Waals surface area contributed by atoms with Crippen molar-refractivity contribution >= 4 is 45.6 Å². The fourth-order valence-corrected chi connectivity index (χ4v) is 4.80. The molecular formula is C31H31BrClN3O7. The van der Waals surface area contributed by atoms with Gasteiger partial charge in [0.15, 0.2) is 23.4 Å². The van der Waals surface area contributed by atoms with Gasteiger partial charge in [-0.1, -0.05) is 11.6 Å². The van der Waals surface area contributed by atoms with E-state index in [1.54, 1.807) is 26.0 Å². The summed E-state index contributed by atoms with van der Waals surface area (Å²) in [7, 11) is 1.43. The molecule has 0 unspecified atom stereocenters. The number of methoxy groups -OCH3 is 1. The van der Waals surface area contributed by atoms with Crippen molar-refractivity contribution < 1.29 is 33.0 Å². The maximum atomic E-state index is 12.6. The van der Waals surface area contributed by atoms with Gasteiger partial charge in [0, 0.05) is 27.1 Å². The number of aryl methyl sites for hydroxylation is 2. The summed E-state index contributed by atoms with van der Waals surface area (Å²) < 4.78 is 30.1. The van der Waals surface area contributed by atoms with Gasteiger partial charge in [0.25, 0.3) is 0 Å². The van der Waals surface area contributed by atoms with E-state index in [0.717, 1.165) is 17.1 Å². The molecular weight excluding hydrogens is 642 g/mol. The molecule has 4 aromatic rings. The highest BCUT2D eigenvalue weighted by Gasteiger charge is 2.23. The quantitative estimate of drug-likeness (QED) is 0.100. The van der Waals surface area contributed by atoms with Crippen molar-refractivity contribution in [2.24, 2.45) is 5.10 Å². The maximum Gasteiger partial charge on any atom is 0.347 e. The van der Waals surface area contributed by atoms with E-state index in [4.69, 9.17) is 35.0 Å². The van der Waals surface area contributed by atoms with Gasteiger partial charge in [0.05, 0.1) is 19.9 Å². The molecule has 4 rings (SSSR count). The molecule has 1 atom stereocenters. The smallest absolute Gasteiger partial charge is 0.347 e. The lowest BCUT2D eigenvalue weighted by Crippen LogP contribution is -2.26. The molecule has 0 aliphatic heterocycles. The average molecular weight is 673 g/mol. The van der Waals surface area contributed by atoms with Crippen LogP contribution in [0.3, 0.4) is 0 Å². The van der Waals surface area contributed by atoms with Gasteiger partial charge in [-0.15, -0.1) is 0 Å². The number of benzene rings is 2. The van der Waals surface area contributed by atoms with Crippen molar-refractivity contribution in [3.63, 3.8) is 0 Å². The number of aromatic nitrogens is 1. The van der Waals surface area contributed by atoms with Crippen molar-refractivity contribution in [3.05, 3.63) is 92.6 Å². The van der Waals surface area contributed by atoms with E-state index in [1.807, 2.05) is 24.3 Å². The van der Waals surface area contributed by atoms with Crippen LogP contribution >= 0.6 is 27.5 Å². The fraction of sp³-hybridized carbons (Fsp3) is 0.258. The summed E-state index contributed by atoms with van der Waals surface area (Å²) in [6, 6.07) is 16.7. The van der Waals surface area contributed by atoms with Crippen molar-refractivity contribution in [1.82, 2.24) is 9.99 Å². The lowest BCUT2D eigenvalue weighted by Gasteiger charge is -2.18. The number of hydrazone groups is 1. The monoisotopic (exact) mass is 671 g/mol. The molecule has 43 heavy (non-hydrogen) atoms. The number of nitrogens with zero attached hydrogens (tertiary/aromatic N) is 2. The second kappa shape index (κ2) is 14.3. The summed E-state index contributed by atoms with van der Waals surface area (Å²) in [5, 5.41) is 4.16. The number of hydrogen-bond acceptors (Lipinski definition) is 8. The Hall–Kier alpha value is -4.22. The molecule has 0 saturated heterocycles. The summed E-state index contributed by atoms with van der Waals surface area (Å²) in [5.41, 5.74) is 6.25. The molecule has 0 spiro atoms. The number of rotatable bonds is 12. The SMILES string of the molecule is CCOC(=O)[C@@H](C)Oc1c(OC)cc(/C=N/NC(=O)c2ccc(COc3ccc(-n4c(C)ccc4C)cc3)o2)c(Br)c1Cl. The number of carbonyl (C=O) groups excluding carboxylic acids is 2. The zero-order valence-corrected chi connectivity index (χ0v) is 26.6. The van der Waals surface area contributed by atoms with E-state index in [-0.39, 0.29) is 35.5 Å². The molecule has 2 aromatic carbocycles. The fourth-order valence-electron chi connectivity index (χ4n) is 4.16. The van der Waals surface area contributed by atoms with E-state index < -0.39 is 18.0 Å². The van der Waals surface area contributed by atoms with Crippen molar-refractivity contribution in [2.75, 3.05) is 13.7 Å². The van der Waals surface area contributed by atoms with Gasteiger partial charge in [-0.3, -0.25) is 4.79 Å². The molecule has 2 aromatic heterocycles. The summed E-state index contributed by atoms with van der Waals surface area (Å²) >= 11 is 9.89. The van der Waals surface area contributed by atoms with Crippen LogP contribution in [0.25, 0.3) is 5.69 Å². The third-order valence-corrected chi connectivity index (χ3v) is 7.73. The van der Waals surface area contributed by atoms with Gasteiger partial charge in [0.1, 0.15) is 23.1 Å². The number of amides is 1. The summed E-state index contributed by atoms with van der Waals surface area (Å²) in [5.74, 6) is 0.539. The standard InChI is InChI=1S/C31H31BrClN3O7/c1-6-40-31(38)20(4)42-29-26(39-5)15-21(27(32)28(29)33)16-34-35-30(37)25-14-13-24(43-25)17-41-23-11-9-22(10-12-23)36-18(2)7-8-19(36)3/h7-16,20H,6,17H2,1-5H3,(H,35,37)/b34-16+/t20-/m1/s1. The number of carbonyl (C=O) groups is 2. The predicted molar refractivity (Wildman–Crippen MR) is 166 cm³/mol. The Morgan fingerprint density at radius 1 is 1.12 bits per heavy atom. The molecule has 0 radical (unpaired) electrons. The van der Waals surface area contributed by atoms with Crippen molar-refractivity contribution in [2.45, 2.75) is 40.4 Å². The third kappa shape index (κ3) is 7.60. The highest BCUT2D eigenvalue weighted by Crippen LogP contribution is 2.42. The zero-order valence-electron chi connectivity index (χ0n) is 24.3. The van der Waals surface area contributed by atoms with Gasteiger partial charge in [0.2, 0.25) is 0 Å². The Morgan fingerprint density at radius 2 is 1.81 bits per heavy atom. The molecule has 12 heteroatoms. The summed E-state index contributed by atoms with van der Waals surface area (Å²) in [4.78, 5) is 24.6. The summed E-state index contributed by atoms with van der Waals surface area (Å²) in [6.07, 6.45) is 0.465. The van der Waals surface area contributed by atoms with Crippen molar-refractivity contribution in [1.29, 1.82) is 0 Å². The first kappa shape index (κ1) is 31.7. The molecule has 1 N–H and O–H groups in total. The largest absolute Gasteiger partial charge is 0.493 e. The van der Waals surface area contributed by atoms with Crippen LogP contribution in [0, 0.1) is 13.8 Å². The van der Waals surface area contributed by atoms with Crippen LogP contribution in [0.2, 0.25) is 5.02 Å². The van der Waals surface area contributed by atoms with E-state index in [2.05, 4.69) is 57.0 Å². The first-order chi connectivity index (χ1) is 20.6. The van der Waals surface area contributed by atoms with Crippen LogP contribution in [0.15, 0.2) is 68.6 Å². The number of ether oxygens (including phenoxy) is 4. The molecule has 2 heterocycles. The Kier molecular flexibility index (Phi) is 10.5. The van der Waals surface area contributed by atoms with Gasteiger partial charge in [-0.05, 0) is 98.2 Å². The zero-order chi connectivity index (χ0) is 31.1. The van der Waals surface area contributed by atoms with Gasteiger partial charge in [-0.2, -0.15) is 5.10 Å². The molecule has 1 amide bonds. The minimum Gasteiger partial charge on any atom is -0.493 e. The molecule has 0 aliphatic carbocycles. The van der Waals surface area contributed by atoms with Crippen LogP contribution < -0.4 is 19.6 Å². The number of hydrogen-bond donors (Lipinski definition) is 1. The first-order valence-electron chi connectivity index (χ1n) is 13.3. The van der Waals surface area contributed by atoms with Crippen LogP contribution in [0.4, 0.5) is 0 Å². The lowest BCUT2D eigenvalue weighted by molar-refractivity contribution is -0.150.